The maximum atomic E-state index is 6.88. The maximum Gasteiger partial charge on any atom is 0.260 e. The minimum Gasteiger partial charge on any atom is -0.345 e. The number of hydrogen-bond acceptors (Lipinski definition) is 3. The number of ether oxygens (including phenoxy) is 1. The lowest BCUT2D eigenvalue weighted by Crippen LogP contribution is -2.78. The van der Waals surface area contributed by atoms with Gasteiger partial charge >= 0.3 is 0 Å². The van der Waals surface area contributed by atoms with E-state index in [2.05, 4.69) is 6.07 Å². The first-order chi connectivity index (χ1) is 11.0. The van der Waals surface area contributed by atoms with E-state index in [0.717, 1.165) is 37.7 Å². The van der Waals surface area contributed by atoms with Crippen molar-refractivity contribution in [2.24, 2.45) is 17.8 Å². The van der Waals surface area contributed by atoms with Gasteiger partial charge in [-0.15, -0.1) is 11.6 Å². The lowest BCUT2D eigenvalue weighted by Gasteiger charge is -2.70. The van der Waals surface area contributed by atoms with Crippen molar-refractivity contribution < 1.29 is 14.5 Å². The van der Waals surface area contributed by atoms with Crippen LogP contribution in [0.2, 0.25) is 5.02 Å². The zero-order valence-corrected chi connectivity index (χ0v) is 14.5. The second kappa shape index (κ2) is 4.64. The second-order valence-corrected chi connectivity index (χ2v) is 8.91. The molecule has 123 valence electrons. The van der Waals surface area contributed by atoms with Crippen LogP contribution in [0, 0.1) is 23.8 Å². The maximum absolute atomic E-state index is 6.88. The van der Waals surface area contributed by atoms with Crippen LogP contribution in [0.15, 0.2) is 18.2 Å². The van der Waals surface area contributed by atoms with Gasteiger partial charge in [0.2, 0.25) is 0 Å². The molecule has 4 aliphatic carbocycles. The van der Waals surface area contributed by atoms with Gasteiger partial charge in [-0.1, -0.05) is 17.7 Å². The molecule has 3 nitrogen and oxygen atoms in total. The van der Waals surface area contributed by atoms with Crippen molar-refractivity contribution in [3.63, 3.8) is 0 Å². The van der Waals surface area contributed by atoms with E-state index in [-0.39, 0.29) is 4.87 Å². The topological polar surface area (TPSA) is 27.7 Å². The number of methoxy groups -OCH3 is 1. The smallest absolute Gasteiger partial charge is 0.260 e. The molecule has 0 N–H and O–H groups in total. The first-order valence-electron chi connectivity index (χ1n) is 8.30. The van der Waals surface area contributed by atoms with E-state index in [1.165, 1.54) is 0 Å². The van der Waals surface area contributed by atoms with Gasteiger partial charge in [0.1, 0.15) is 0 Å². The summed E-state index contributed by atoms with van der Waals surface area (Å²) in [7, 11) is 1.69. The third-order valence-electron chi connectivity index (χ3n) is 6.58. The summed E-state index contributed by atoms with van der Waals surface area (Å²) in [4.78, 5) is 11.5. The van der Waals surface area contributed by atoms with Crippen LogP contribution in [0.5, 0.6) is 0 Å². The summed E-state index contributed by atoms with van der Waals surface area (Å²) in [6.07, 6.45) is 5.40. The van der Waals surface area contributed by atoms with Crippen molar-refractivity contribution in [2.45, 2.75) is 48.4 Å². The molecule has 5 heteroatoms. The minimum atomic E-state index is -0.871. The summed E-state index contributed by atoms with van der Waals surface area (Å²) >= 11 is 12.9. The zero-order valence-electron chi connectivity index (χ0n) is 13.0. The molecule has 1 spiro atoms. The molecule has 6 rings (SSSR count). The summed E-state index contributed by atoms with van der Waals surface area (Å²) in [5.74, 6) is 0.585. The van der Waals surface area contributed by atoms with Crippen molar-refractivity contribution in [1.82, 2.24) is 0 Å². The Morgan fingerprint density at radius 3 is 2.39 bits per heavy atom. The van der Waals surface area contributed by atoms with E-state index in [0.29, 0.717) is 22.8 Å². The lowest BCUT2D eigenvalue weighted by atomic mass is 9.46. The second-order valence-electron chi connectivity index (χ2n) is 7.70. The number of hydrogen-bond donors (Lipinski definition) is 0. The van der Waals surface area contributed by atoms with E-state index in [1.54, 1.807) is 7.11 Å². The zero-order chi connectivity index (χ0) is 15.9. The fourth-order valence-electron chi connectivity index (χ4n) is 5.95. The van der Waals surface area contributed by atoms with Gasteiger partial charge in [-0.25, -0.2) is 4.89 Å². The quantitative estimate of drug-likeness (QED) is 0.580. The molecule has 1 radical (unpaired) electrons. The molecule has 1 saturated heterocycles. The third-order valence-corrected chi connectivity index (χ3v) is 7.28. The minimum absolute atomic E-state index is 0.0493. The van der Waals surface area contributed by atoms with Gasteiger partial charge in [0.15, 0.2) is 5.60 Å². The van der Waals surface area contributed by atoms with Crippen LogP contribution in [-0.4, -0.2) is 17.6 Å². The molecule has 4 bridgehead atoms. The predicted molar refractivity (Wildman–Crippen MR) is 86.0 cm³/mol. The molecule has 1 heterocycles. The van der Waals surface area contributed by atoms with Crippen LogP contribution in [0.1, 0.15) is 37.7 Å². The molecule has 0 amide bonds. The van der Waals surface area contributed by atoms with Crippen molar-refractivity contribution in [2.75, 3.05) is 7.11 Å². The monoisotopic (exact) mass is 353 g/mol. The Morgan fingerprint density at radius 1 is 1.17 bits per heavy atom. The van der Waals surface area contributed by atoms with E-state index < -0.39 is 11.4 Å². The molecule has 4 saturated carbocycles. The highest BCUT2D eigenvalue weighted by atomic mass is 35.5. The van der Waals surface area contributed by atoms with Crippen LogP contribution in [-0.2, 0) is 20.3 Å². The number of halogens is 2. The van der Waals surface area contributed by atoms with Crippen molar-refractivity contribution >= 4 is 23.2 Å². The highest BCUT2D eigenvalue weighted by Crippen LogP contribution is 2.71. The fourth-order valence-corrected chi connectivity index (χ4v) is 6.66. The van der Waals surface area contributed by atoms with Crippen LogP contribution in [0.25, 0.3) is 0 Å². The Morgan fingerprint density at radius 2 is 1.91 bits per heavy atom. The van der Waals surface area contributed by atoms with Crippen LogP contribution >= 0.6 is 23.2 Å². The Balaban J connectivity index is 1.61. The molecule has 1 aliphatic heterocycles. The standard InChI is InChI=1S/C18H19Cl2O3/c1-21-18(12-2-4-15(19)5-3-12)17(22-23-18)13-6-11-7-14(17)10-16(20,8-11)9-13/h2-4,11,13-14H,6-10H2,1H3. The Kier molecular flexibility index (Phi) is 3.02. The first-order valence-corrected chi connectivity index (χ1v) is 9.05. The van der Waals surface area contributed by atoms with Crippen molar-refractivity contribution in [3.8, 4) is 0 Å². The summed E-state index contributed by atoms with van der Waals surface area (Å²) in [6.45, 7) is 0. The molecular weight excluding hydrogens is 335 g/mol. The van der Waals surface area contributed by atoms with E-state index >= 15 is 0 Å². The molecule has 1 aromatic rings. The number of rotatable bonds is 2. The predicted octanol–water partition coefficient (Wildman–Crippen LogP) is 4.46. The summed E-state index contributed by atoms with van der Waals surface area (Å²) < 4.78 is 5.96. The van der Waals surface area contributed by atoms with Gasteiger partial charge in [-0.3, -0.25) is 0 Å². The lowest BCUT2D eigenvalue weighted by molar-refractivity contribution is -0.645. The SMILES string of the molecule is COC1(c2c[c]c(Cl)cc2)OOC12C1CC3CC2CC(Cl)(C3)C1. The summed E-state index contributed by atoms with van der Waals surface area (Å²) in [6, 6.07) is 8.68. The molecule has 1 aromatic carbocycles. The molecule has 3 atom stereocenters. The van der Waals surface area contributed by atoms with Crippen LogP contribution in [0.3, 0.4) is 0 Å². The van der Waals surface area contributed by atoms with Crippen LogP contribution < -0.4 is 0 Å². The average Bonchev–Trinajstić information content (AvgIpc) is 2.47. The van der Waals surface area contributed by atoms with Crippen molar-refractivity contribution in [1.29, 1.82) is 0 Å². The van der Waals surface area contributed by atoms with E-state index in [4.69, 9.17) is 37.7 Å². The highest BCUT2D eigenvalue weighted by Gasteiger charge is 2.78. The molecule has 0 aromatic heterocycles. The third kappa shape index (κ3) is 1.73. The molecule has 3 unspecified atom stereocenters. The first kappa shape index (κ1) is 15.0. The van der Waals surface area contributed by atoms with Gasteiger partial charge in [-0.2, -0.15) is 4.89 Å². The van der Waals surface area contributed by atoms with Gasteiger partial charge in [-0.05, 0) is 62.0 Å². The highest BCUT2D eigenvalue weighted by molar-refractivity contribution is 6.30. The molecule has 5 fully saturated rings. The Bertz CT molecular complexity index is 626. The van der Waals surface area contributed by atoms with Crippen molar-refractivity contribution in [3.05, 3.63) is 34.9 Å². The summed E-state index contributed by atoms with van der Waals surface area (Å²) in [5, 5.41) is 0.582. The normalized spacial score (nSPS) is 50.3. The van der Waals surface area contributed by atoms with E-state index in [1.807, 2.05) is 18.2 Å². The number of alkyl halides is 1. The molecule has 5 aliphatic rings. The number of benzene rings is 1. The van der Waals surface area contributed by atoms with Gasteiger partial charge < -0.3 is 4.74 Å². The largest absolute Gasteiger partial charge is 0.345 e. The average molecular weight is 354 g/mol. The van der Waals surface area contributed by atoms with Gasteiger partial charge in [0.05, 0.1) is 0 Å². The Labute approximate surface area is 146 Å². The van der Waals surface area contributed by atoms with Gasteiger partial charge in [0, 0.05) is 28.6 Å². The molecule has 23 heavy (non-hydrogen) atoms. The van der Waals surface area contributed by atoms with Gasteiger partial charge in [0.25, 0.3) is 5.79 Å². The van der Waals surface area contributed by atoms with Crippen LogP contribution in [0.4, 0.5) is 0 Å². The molecular formula is C18H19Cl2O3. The fraction of sp³-hybridized carbons (Fsp3) is 0.667. The Hall–Kier alpha value is -0.320. The summed E-state index contributed by atoms with van der Waals surface area (Å²) in [5.41, 5.74) is 0.491. The van der Waals surface area contributed by atoms with E-state index in [9.17, 15) is 0 Å².